The van der Waals surface area contributed by atoms with Crippen LogP contribution in [0.1, 0.15) is 5.56 Å². The van der Waals surface area contributed by atoms with Gasteiger partial charge in [0.1, 0.15) is 0 Å². The Bertz CT molecular complexity index is 329. The second kappa shape index (κ2) is 5.98. The van der Waals surface area contributed by atoms with E-state index in [4.69, 9.17) is 5.11 Å². The van der Waals surface area contributed by atoms with Crippen molar-refractivity contribution in [1.29, 1.82) is 0 Å². The number of carbonyl (C=O) groups is 2. The van der Waals surface area contributed by atoms with Gasteiger partial charge in [0.15, 0.2) is 0 Å². The average molecular weight is 204 g/mol. The zero-order chi connectivity index (χ0) is 11.1. The molecule has 2 N–H and O–H groups in total. The average Bonchev–Trinajstić information content (AvgIpc) is 2.25. The molecule has 77 valence electrons. The first-order valence-electron chi connectivity index (χ1n) is 4.54. The summed E-state index contributed by atoms with van der Waals surface area (Å²) < 4.78 is 0. The molecular formula is C10H11BNO3. The number of carboxylic acid groups (broad SMARTS) is 1. The first-order valence-corrected chi connectivity index (χ1v) is 4.54. The lowest BCUT2D eigenvalue weighted by atomic mass is 9.94. The zero-order valence-corrected chi connectivity index (χ0v) is 8.09. The van der Waals surface area contributed by atoms with E-state index in [1.54, 1.807) is 0 Å². The van der Waals surface area contributed by atoms with Crippen molar-refractivity contribution in [3.63, 3.8) is 0 Å². The fourth-order valence-corrected chi connectivity index (χ4v) is 1.22. The van der Waals surface area contributed by atoms with Crippen LogP contribution in [0.3, 0.4) is 0 Å². The third-order valence-electron chi connectivity index (χ3n) is 1.95. The number of carboxylic acids is 1. The summed E-state index contributed by atoms with van der Waals surface area (Å²) in [4.78, 5) is 20.9. The van der Waals surface area contributed by atoms with Crippen molar-refractivity contribution in [3.05, 3.63) is 35.9 Å². The van der Waals surface area contributed by atoms with Crippen molar-refractivity contribution in [2.75, 3.05) is 0 Å². The molecule has 0 aromatic heterocycles. The van der Waals surface area contributed by atoms with E-state index in [1.165, 1.54) is 0 Å². The minimum absolute atomic E-state index is 0.348. The highest BCUT2D eigenvalue weighted by Crippen LogP contribution is 2.02. The molecule has 1 atom stereocenters. The number of nitrogens with one attached hydrogen (secondary N) is 1. The Balaban J connectivity index is 2.58. The third kappa shape index (κ3) is 3.95. The van der Waals surface area contributed by atoms with E-state index in [0.717, 1.165) is 13.0 Å². The summed E-state index contributed by atoms with van der Waals surface area (Å²) in [5.74, 6) is -0.975. The van der Waals surface area contributed by atoms with E-state index < -0.39 is 12.0 Å². The Hall–Kier alpha value is -1.62. The van der Waals surface area contributed by atoms with Crippen LogP contribution in [-0.2, 0) is 16.0 Å². The van der Waals surface area contributed by atoms with Crippen molar-refractivity contribution < 1.29 is 14.7 Å². The van der Waals surface area contributed by atoms with Crippen molar-refractivity contribution in [3.8, 4) is 0 Å². The van der Waals surface area contributed by atoms with Crippen LogP contribution in [0.25, 0.3) is 0 Å². The molecule has 1 rings (SSSR count). The van der Waals surface area contributed by atoms with Gasteiger partial charge in [-0.2, -0.15) is 0 Å². The summed E-state index contributed by atoms with van der Waals surface area (Å²) in [5.41, 5.74) is 0.914. The maximum atomic E-state index is 10.8. The quantitative estimate of drug-likeness (QED) is 0.508. The van der Waals surface area contributed by atoms with Crippen LogP contribution in [0.5, 0.6) is 0 Å². The molecule has 0 fully saturated rings. The van der Waals surface area contributed by atoms with Crippen LogP contribution >= 0.6 is 0 Å². The molecule has 0 aliphatic rings. The molecule has 0 aliphatic carbocycles. The highest BCUT2D eigenvalue weighted by Gasteiger charge is 2.16. The Morgan fingerprint density at radius 2 is 2.13 bits per heavy atom. The van der Waals surface area contributed by atoms with Crippen LogP contribution in [-0.4, -0.2) is 30.7 Å². The maximum Gasteiger partial charge on any atom is 0.320 e. The molecule has 4 nitrogen and oxygen atoms in total. The van der Waals surface area contributed by atoms with Crippen LogP contribution in [0.4, 0.5) is 0 Å². The summed E-state index contributed by atoms with van der Waals surface area (Å²) in [6, 6.07) is 8.48. The van der Waals surface area contributed by atoms with E-state index >= 15 is 0 Å². The fraction of sp³-hybridized carbons (Fsp3) is 0.200. The van der Waals surface area contributed by atoms with Gasteiger partial charge in [-0.3, -0.25) is 4.79 Å². The van der Waals surface area contributed by atoms with Gasteiger partial charge in [0.05, 0.1) is 12.2 Å². The molecule has 0 saturated heterocycles. The molecule has 5 heteroatoms. The Kier molecular flexibility index (Phi) is 4.57. The molecule has 1 aromatic carbocycles. The van der Waals surface area contributed by atoms with Crippen molar-refractivity contribution in [2.24, 2.45) is 0 Å². The zero-order valence-electron chi connectivity index (χ0n) is 8.09. The monoisotopic (exact) mass is 204 g/mol. The number of carbonyl (C=O) groups excluding carboxylic acids is 1. The first-order chi connectivity index (χ1) is 7.24. The lowest BCUT2D eigenvalue weighted by Crippen LogP contribution is -2.41. The lowest BCUT2D eigenvalue weighted by Gasteiger charge is -2.11. The summed E-state index contributed by atoms with van der Waals surface area (Å²) in [5, 5.41) is 11.4. The molecule has 15 heavy (non-hydrogen) atoms. The molecule has 0 spiro atoms. The molecule has 0 bridgehead atoms. The molecule has 0 aliphatic heterocycles. The van der Waals surface area contributed by atoms with Crippen LogP contribution in [0.15, 0.2) is 30.3 Å². The Morgan fingerprint density at radius 1 is 1.47 bits per heavy atom. The Morgan fingerprint density at radius 3 is 2.67 bits per heavy atom. The van der Waals surface area contributed by atoms with Crippen LogP contribution < -0.4 is 5.23 Å². The van der Waals surface area contributed by atoms with E-state index in [-0.39, 0.29) is 0 Å². The first kappa shape index (κ1) is 11.5. The summed E-state index contributed by atoms with van der Waals surface area (Å²) in [7, 11) is 1.10. The van der Waals surface area contributed by atoms with Gasteiger partial charge >= 0.3 is 5.97 Å². The van der Waals surface area contributed by atoms with Gasteiger partial charge in [-0.1, -0.05) is 30.3 Å². The molecule has 0 saturated carbocycles. The minimum Gasteiger partial charge on any atom is -0.480 e. The summed E-state index contributed by atoms with van der Waals surface area (Å²) >= 11 is 0. The second-order valence-corrected chi connectivity index (χ2v) is 3.05. The summed E-state index contributed by atoms with van der Waals surface area (Å²) in [6.07, 6.45) is 0.876. The highest BCUT2D eigenvalue weighted by molar-refractivity contribution is 6.64. The SMILES string of the molecule is O=C[B]NC(Cc1ccccc1)C(=O)O. The van der Waals surface area contributed by atoms with Gasteiger partial charge in [0.25, 0.3) is 7.41 Å². The van der Waals surface area contributed by atoms with E-state index in [0.29, 0.717) is 12.6 Å². The molecule has 1 unspecified atom stereocenters. The topological polar surface area (TPSA) is 66.4 Å². The van der Waals surface area contributed by atoms with E-state index in [2.05, 4.69) is 5.23 Å². The number of hydrogen-bond donors (Lipinski definition) is 2. The van der Waals surface area contributed by atoms with Gasteiger partial charge in [-0.25, -0.2) is 0 Å². The normalized spacial score (nSPS) is 11.7. The fourth-order valence-electron chi connectivity index (χ4n) is 1.22. The molecule has 0 amide bonds. The molecular weight excluding hydrogens is 193 g/mol. The summed E-state index contributed by atoms with van der Waals surface area (Å²) in [6.45, 7) is 0. The van der Waals surface area contributed by atoms with E-state index in [9.17, 15) is 9.59 Å². The standard InChI is InChI=1S/C10H11BNO3/c13-7-11-12-9(10(14)15)6-8-4-2-1-3-5-8/h1-5,7,9,12H,6H2,(H,14,15). The van der Waals surface area contributed by atoms with Crippen molar-refractivity contribution in [2.45, 2.75) is 12.5 Å². The van der Waals surface area contributed by atoms with Gasteiger partial charge < -0.3 is 15.1 Å². The number of benzene rings is 1. The van der Waals surface area contributed by atoms with Gasteiger partial charge in [0, 0.05) is 0 Å². The maximum absolute atomic E-state index is 10.8. The molecule has 1 radical (unpaired) electrons. The van der Waals surface area contributed by atoms with Crippen molar-refractivity contribution in [1.82, 2.24) is 5.23 Å². The minimum atomic E-state index is -0.975. The van der Waals surface area contributed by atoms with E-state index in [1.807, 2.05) is 30.3 Å². The predicted octanol–water partition coefficient (Wildman–Crippen LogP) is 0.0813. The largest absolute Gasteiger partial charge is 0.480 e. The molecule has 0 heterocycles. The second-order valence-electron chi connectivity index (χ2n) is 3.05. The number of aliphatic carboxylic acids is 1. The smallest absolute Gasteiger partial charge is 0.320 e. The third-order valence-corrected chi connectivity index (χ3v) is 1.95. The van der Waals surface area contributed by atoms with Gasteiger partial charge in [0.2, 0.25) is 0 Å². The van der Waals surface area contributed by atoms with Gasteiger partial charge in [-0.05, 0) is 12.0 Å². The Labute approximate surface area is 88.6 Å². The number of rotatable bonds is 6. The van der Waals surface area contributed by atoms with Crippen molar-refractivity contribution >= 4 is 19.6 Å². The highest BCUT2D eigenvalue weighted by atomic mass is 16.4. The van der Waals surface area contributed by atoms with Gasteiger partial charge in [-0.15, -0.1) is 0 Å². The predicted molar refractivity (Wildman–Crippen MR) is 57.2 cm³/mol. The molecule has 1 aromatic rings. The lowest BCUT2D eigenvalue weighted by molar-refractivity contribution is -0.138. The van der Waals surface area contributed by atoms with Crippen LogP contribution in [0.2, 0.25) is 0 Å². The van der Waals surface area contributed by atoms with Crippen LogP contribution in [0, 0.1) is 0 Å². The number of hydrogen-bond acceptors (Lipinski definition) is 3.